The first kappa shape index (κ1) is 31.4. The van der Waals surface area contributed by atoms with Gasteiger partial charge >= 0.3 is 0 Å². The van der Waals surface area contributed by atoms with Gasteiger partial charge in [-0.25, -0.2) is 0 Å². The molecule has 9 aromatic carbocycles. The minimum Gasteiger partial charge on any atom is -0.457 e. The van der Waals surface area contributed by atoms with Gasteiger partial charge < -0.3 is 9.64 Å². The van der Waals surface area contributed by atoms with E-state index in [9.17, 15) is 0 Å². The summed E-state index contributed by atoms with van der Waals surface area (Å²) in [5, 5.41) is 2.48. The number of para-hydroxylation sites is 3. The Hall–Kier alpha value is -7.16. The van der Waals surface area contributed by atoms with Crippen molar-refractivity contribution >= 4 is 27.8 Å². The van der Waals surface area contributed by atoms with Gasteiger partial charge in [0.15, 0.2) is 0 Å². The highest BCUT2D eigenvalue weighted by molar-refractivity contribution is 6.04. The van der Waals surface area contributed by atoms with Crippen LogP contribution in [0.4, 0.5) is 17.1 Å². The second-order valence-electron chi connectivity index (χ2n) is 14.4. The Balaban J connectivity index is 1.11. The second kappa shape index (κ2) is 12.5. The quantitative estimate of drug-likeness (QED) is 0.177. The number of nitrogens with zero attached hydrogens (tertiary/aromatic N) is 1. The van der Waals surface area contributed by atoms with E-state index in [-0.39, 0.29) is 0 Å². The molecule has 2 nitrogen and oxygen atoms in total. The number of hydrogen-bond acceptors (Lipinski definition) is 2. The van der Waals surface area contributed by atoms with Gasteiger partial charge in [-0.2, -0.15) is 0 Å². The molecule has 55 heavy (non-hydrogen) atoms. The lowest BCUT2D eigenvalue weighted by Gasteiger charge is -2.39. The molecule has 1 heterocycles. The third kappa shape index (κ3) is 4.75. The Morgan fingerprint density at radius 2 is 0.891 bits per heavy atom. The van der Waals surface area contributed by atoms with E-state index in [1.165, 1.54) is 55.3 Å². The van der Waals surface area contributed by atoms with Crippen LogP contribution in [0.3, 0.4) is 0 Å². The summed E-state index contributed by atoms with van der Waals surface area (Å²) in [5.74, 6) is 1.79. The molecule has 258 valence electrons. The lowest BCUT2D eigenvalue weighted by molar-refractivity contribution is 0.436. The maximum atomic E-state index is 6.61. The predicted molar refractivity (Wildman–Crippen MR) is 227 cm³/mol. The van der Waals surface area contributed by atoms with Crippen LogP contribution in [-0.4, -0.2) is 0 Å². The number of ether oxygens (including phenoxy) is 1. The third-order valence-electron chi connectivity index (χ3n) is 11.5. The lowest BCUT2D eigenvalue weighted by Crippen LogP contribution is -2.32. The summed E-state index contributed by atoms with van der Waals surface area (Å²) < 4.78 is 6.61. The molecule has 0 N–H and O–H groups in total. The van der Waals surface area contributed by atoms with Crippen LogP contribution in [-0.2, 0) is 5.41 Å². The van der Waals surface area contributed by atoms with Crippen molar-refractivity contribution in [3.05, 3.63) is 235 Å². The van der Waals surface area contributed by atoms with E-state index in [0.717, 1.165) is 39.7 Å². The van der Waals surface area contributed by atoms with Crippen LogP contribution in [0.25, 0.3) is 44.2 Å². The zero-order chi connectivity index (χ0) is 36.3. The third-order valence-corrected chi connectivity index (χ3v) is 11.5. The van der Waals surface area contributed by atoms with E-state index < -0.39 is 5.41 Å². The van der Waals surface area contributed by atoms with Crippen LogP contribution in [0.15, 0.2) is 212 Å². The molecule has 0 radical (unpaired) electrons. The van der Waals surface area contributed by atoms with Crippen LogP contribution in [0.5, 0.6) is 11.5 Å². The van der Waals surface area contributed by atoms with Crippen molar-refractivity contribution in [2.45, 2.75) is 5.41 Å². The van der Waals surface area contributed by atoms with Gasteiger partial charge in [-0.3, -0.25) is 0 Å². The van der Waals surface area contributed by atoms with E-state index >= 15 is 0 Å². The first-order valence-electron chi connectivity index (χ1n) is 18.9. The Labute approximate surface area is 321 Å². The molecule has 11 rings (SSSR count). The molecule has 9 aromatic rings. The van der Waals surface area contributed by atoms with E-state index in [1.807, 2.05) is 0 Å². The molecule has 2 heteroatoms. The van der Waals surface area contributed by atoms with E-state index in [4.69, 9.17) is 4.74 Å². The molecule has 1 aliphatic heterocycles. The number of fused-ring (bicyclic) bond motifs is 10. The van der Waals surface area contributed by atoms with Gasteiger partial charge in [0.05, 0.1) is 5.41 Å². The lowest BCUT2D eigenvalue weighted by atomic mass is 9.66. The average Bonchev–Trinajstić information content (AvgIpc) is 3.54. The molecule has 0 unspecified atom stereocenters. The SMILES string of the molecule is c1ccc(-c2ccc3ccccc3c2-c2ccc(N(c3ccccc3)c3ccc4c(c3)C3(c5ccccc5Oc5ccccc53)c3ccccc3-4)cc2)cc1. The summed E-state index contributed by atoms with van der Waals surface area (Å²) >= 11 is 0. The molecule has 0 bridgehead atoms. The van der Waals surface area contributed by atoms with Crippen LogP contribution in [0.1, 0.15) is 22.3 Å². The Morgan fingerprint density at radius 1 is 0.345 bits per heavy atom. The van der Waals surface area contributed by atoms with Gasteiger partial charge in [-0.15, -0.1) is 0 Å². The maximum absolute atomic E-state index is 6.61. The van der Waals surface area contributed by atoms with E-state index in [2.05, 4.69) is 217 Å². The predicted octanol–water partition coefficient (Wildman–Crippen LogP) is 14.1. The molecule has 0 aromatic heterocycles. The number of rotatable bonds is 5. The number of benzene rings is 9. The number of hydrogen-bond donors (Lipinski definition) is 0. The smallest absolute Gasteiger partial charge is 0.132 e. The molecule has 2 aliphatic rings. The van der Waals surface area contributed by atoms with Crippen molar-refractivity contribution in [2.24, 2.45) is 0 Å². The second-order valence-corrected chi connectivity index (χ2v) is 14.4. The Morgan fingerprint density at radius 3 is 1.64 bits per heavy atom. The summed E-state index contributed by atoms with van der Waals surface area (Å²) in [4.78, 5) is 2.39. The summed E-state index contributed by atoms with van der Waals surface area (Å²) in [6.07, 6.45) is 0. The van der Waals surface area contributed by atoms with Crippen molar-refractivity contribution in [1.82, 2.24) is 0 Å². The molecule has 0 amide bonds. The van der Waals surface area contributed by atoms with E-state index in [1.54, 1.807) is 0 Å². The fourth-order valence-electron chi connectivity index (χ4n) is 9.22. The summed E-state index contributed by atoms with van der Waals surface area (Å²) in [5.41, 5.74) is 15.0. The average molecular weight is 702 g/mol. The zero-order valence-electron chi connectivity index (χ0n) is 30.1. The van der Waals surface area contributed by atoms with Crippen molar-refractivity contribution in [1.29, 1.82) is 0 Å². The highest BCUT2D eigenvalue weighted by Gasteiger charge is 2.51. The van der Waals surface area contributed by atoms with Crippen molar-refractivity contribution in [3.63, 3.8) is 0 Å². The fourth-order valence-corrected chi connectivity index (χ4v) is 9.22. The largest absolute Gasteiger partial charge is 0.457 e. The Kier molecular flexibility index (Phi) is 7.11. The highest BCUT2D eigenvalue weighted by atomic mass is 16.5. The normalized spacial score (nSPS) is 13.0. The molecule has 1 spiro atoms. The fraction of sp³-hybridized carbons (Fsp3) is 0.0189. The summed E-state index contributed by atoms with van der Waals surface area (Å²) in [6, 6.07) is 76.8. The van der Waals surface area contributed by atoms with Gasteiger partial charge in [-0.1, -0.05) is 164 Å². The zero-order valence-corrected chi connectivity index (χ0v) is 30.1. The molecule has 0 atom stereocenters. The standard InChI is InChI=1S/C53H35NO/c1-3-15-36(16-4-1)43-33-29-37-17-7-8-20-42(37)52(43)38-27-30-40(31-28-38)54(39-18-5-2-6-19-39)41-32-34-45-44-21-9-10-22-46(44)53(49(45)35-41)47-23-11-13-25-50(47)55-51-26-14-12-24-48(51)53/h1-35H. The monoisotopic (exact) mass is 701 g/mol. The van der Waals surface area contributed by atoms with Crippen molar-refractivity contribution in [2.75, 3.05) is 4.90 Å². The topological polar surface area (TPSA) is 12.5 Å². The van der Waals surface area contributed by atoms with Gasteiger partial charge in [-0.05, 0) is 104 Å². The van der Waals surface area contributed by atoms with E-state index in [0.29, 0.717) is 0 Å². The first-order chi connectivity index (χ1) is 27.3. The minimum atomic E-state index is -0.540. The molecular formula is C53H35NO. The Bertz CT molecular complexity index is 2850. The van der Waals surface area contributed by atoms with Gasteiger partial charge in [0.25, 0.3) is 0 Å². The van der Waals surface area contributed by atoms with Gasteiger partial charge in [0, 0.05) is 28.2 Å². The van der Waals surface area contributed by atoms with Crippen molar-refractivity contribution in [3.8, 4) is 44.9 Å². The van der Waals surface area contributed by atoms with Gasteiger partial charge in [0.2, 0.25) is 0 Å². The summed E-state index contributed by atoms with van der Waals surface area (Å²) in [7, 11) is 0. The highest BCUT2D eigenvalue weighted by Crippen LogP contribution is 2.62. The molecule has 0 saturated heterocycles. The van der Waals surface area contributed by atoms with Crippen LogP contribution in [0, 0.1) is 0 Å². The summed E-state index contributed by atoms with van der Waals surface area (Å²) in [6.45, 7) is 0. The molecular weight excluding hydrogens is 667 g/mol. The number of anilines is 3. The molecule has 0 fully saturated rings. The first-order valence-corrected chi connectivity index (χ1v) is 18.9. The molecule has 1 aliphatic carbocycles. The van der Waals surface area contributed by atoms with Crippen LogP contribution < -0.4 is 9.64 Å². The van der Waals surface area contributed by atoms with Crippen LogP contribution in [0.2, 0.25) is 0 Å². The molecule has 0 saturated carbocycles. The maximum Gasteiger partial charge on any atom is 0.132 e. The van der Waals surface area contributed by atoms with Gasteiger partial charge in [0.1, 0.15) is 11.5 Å². The van der Waals surface area contributed by atoms with Crippen molar-refractivity contribution < 1.29 is 4.74 Å². The van der Waals surface area contributed by atoms with Crippen LogP contribution >= 0.6 is 0 Å². The minimum absolute atomic E-state index is 0.540.